The molecule has 1 radical (unpaired) electrons. The summed E-state index contributed by atoms with van der Waals surface area (Å²) in [6.45, 7) is 0. The van der Waals surface area contributed by atoms with Crippen LogP contribution in [0.5, 0.6) is 5.75 Å². The standard InChI is InChI=1S/C10H6F3O/c11-10(12,13)5-1-2-8-6(3-5)7-4-9(7)14-8/h1-3,9H,4H2. The zero-order chi connectivity index (χ0) is 9.92. The van der Waals surface area contributed by atoms with Gasteiger partial charge in [-0.3, -0.25) is 0 Å². The molecule has 1 heterocycles. The highest BCUT2D eigenvalue weighted by molar-refractivity contribution is 5.57. The summed E-state index contributed by atoms with van der Waals surface area (Å²) in [6, 6.07) is 3.64. The summed E-state index contributed by atoms with van der Waals surface area (Å²) in [5.41, 5.74) is 0.0460. The number of benzene rings is 1. The van der Waals surface area contributed by atoms with Crippen LogP contribution in [0, 0.1) is 5.92 Å². The first-order chi connectivity index (χ1) is 6.55. The Bertz CT molecular complexity index is 397. The molecule has 4 heteroatoms. The van der Waals surface area contributed by atoms with E-state index in [0.717, 1.165) is 18.4 Å². The van der Waals surface area contributed by atoms with E-state index in [0.29, 0.717) is 11.3 Å². The number of hydrogen-bond acceptors (Lipinski definition) is 1. The molecule has 1 unspecified atom stereocenters. The quantitative estimate of drug-likeness (QED) is 0.624. The van der Waals surface area contributed by atoms with E-state index in [4.69, 9.17) is 4.74 Å². The monoisotopic (exact) mass is 199 g/mol. The van der Waals surface area contributed by atoms with E-state index in [9.17, 15) is 13.2 Å². The predicted octanol–water partition coefficient (Wildman–Crippen LogP) is 2.79. The first kappa shape index (κ1) is 8.15. The number of alkyl halides is 3. The van der Waals surface area contributed by atoms with Gasteiger partial charge in [0.05, 0.1) is 11.5 Å². The van der Waals surface area contributed by atoms with E-state index >= 15 is 0 Å². The van der Waals surface area contributed by atoms with Crippen molar-refractivity contribution in [2.24, 2.45) is 0 Å². The lowest BCUT2D eigenvalue weighted by molar-refractivity contribution is -0.137. The molecule has 0 saturated heterocycles. The molecule has 1 fully saturated rings. The molecule has 1 saturated carbocycles. The third kappa shape index (κ3) is 1.03. The van der Waals surface area contributed by atoms with E-state index in [2.05, 4.69) is 0 Å². The molecule has 1 aliphatic carbocycles. The second-order valence-electron chi connectivity index (χ2n) is 3.54. The summed E-state index contributed by atoms with van der Waals surface area (Å²) >= 11 is 0. The summed E-state index contributed by atoms with van der Waals surface area (Å²) in [5, 5.41) is 0. The lowest BCUT2D eigenvalue weighted by Crippen LogP contribution is -2.05. The van der Waals surface area contributed by atoms with Crippen LogP contribution in [0.2, 0.25) is 0 Å². The van der Waals surface area contributed by atoms with E-state index in [1.165, 1.54) is 12.1 Å². The summed E-state index contributed by atoms with van der Waals surface area (Å²) in [4.78, 5) is 0. The number of ether oxygens (including phenoxy) is 1. The molecule has 1 aromatic carbocycles. The SMILES string of the molecule is FC(F)(F)c1ccc2c(c1)[C]1CC1O2. The van der Waals surface area contributed by atoms with Crippen LogP contribution in [-0.4, -0.2) is 6.10 Å². The minimum absolute atomic E-state index is 0.0634. The first-order valence-corrected chi connectivity index (χ1v) is 4.30. The maximum Gasteiger partial charge on any atom is 0.416 e. The highest BCUT2D eigenvalue weighted by Gasteiger charge is 2.49. The van der Waals surface area contributed by atoms with Gasteiger partial charge in [0.15, 0.2) is 0 Å². The van der Waals surface area contributed by atoms with Crippen molar-refractivity contribution in [2.45, 2.75) is 18.7 Å². The average Bonchev–Trinajstić information content (AvgIpc) is 2.77. The van der Waals surface area contributed by atoms with Gasteiger partial charge in [0.1, 0.15) is 11.9 Å². The molecule has 1 aliphatic heterocycles. The summed E-state index contributed by atoms with van der Waals surface area (Å²) < 4.78 is 42.4. The van der Waals surface area contributed by atoms with Gasteiger partial charge in [-0.05, 0) is 24.6 Å². The minimum Gasteiger partial charge on any atom is -0.489 e. The van der Waals surface area contributed by atoms with Gasteiger partial charge in [0, 0.05) is 5.56 Å². The minimum atomic E-state index is -4.26. The van der Waals surface area contributed by atoms with Crippen LogP contribution < -0.4 is 4.74 Å². The average molecular weight is 199 g/mol. The van der Waals surface area contributed by atoms with Crippen LogP contribution in [0.4, 0.5) is 13.2 Å². The molecular weight excluding hydrogens is 193 g/mol. The van der Waals surface area contributed by atoms with Gasteiger partial charge in [-0.15, -0.1) is 0 Å². The molecule has 1 nitrogen and oxygen atoms in total. The molecule has 0 amide bonds. The largest absolute Gasteiger partial charge is 0.489 e. The summed E-state index contributed by atoms with van der Waals surface area (Å²) in [5.74, 6) is 1.59. The third-order valence-corrected chi connectivity index (χ3v) is 2.56. The Hall–Kier alpha value is -1.19. The molecule has 73 valence electrons. The van der Waals surface area contributed by atoms with Crippen LogP contribution in [0.3, 0.4) is 0 Å². The Balaban J connectivity index is 2.07. The van der Waals surface area contributed by atoms with Crippen LogP contribution in [0.25, 0.3) is 0 Å². The normalized spacial score (nSPS) is 24.1. The van der Waals surface area contributed by atoms with Crippen molar-refractivity contribution in [3.05, 3.63) is 35.2 Å². The Kier molecular flexibility index (Phi) is 1.30. The fourth-order valence-corrected chi connectivity index (χ4v) is 1.75. The molecule has 3 rings (SSSR count). The Morgan fingerprint density at radius 1 is 1.29 bits per heavy atom. The van der Waals surface area contributed by atoms with Crippen molar-refractivity contribution >= 4 is 0 Å². The lowest BCUT2D eigenvalue weighted by atomic mass is 10.1. The maximum absolute atomic E-state index is 12.3. The second-order valence-corrected chi connectivity index (χ2v) is 3.54. The molecule has 0 bridgehead atoms. The highest BCUT2D eigenvalue weighted by atomic mass is 19.4. The summed E-state index contributed by atoms with van der Waals surface area (Å²) in [7, 11) is 0. The van der Waals surface area contributed by atoms with Crippen molar-refractivity contribution in [2.75, 3.05) is 0 Å². The number of hydrogen-bond donors (Lipinski definition) is 0. The van der Waals surface area contributed by atoms with Gasteiger partial charge in [-0.2, -0.15) is 13.2 Å². The van der Waals surface area contributed by atoms with E-state index < -0.39 is 11.7 Å². The van der Waals surface area contributed by atoms with Crippen molar-refractivity contribution in [3.8, 4) is 5.75 Å². The summed E-state index contributed by atoms with van der Waals surface area (Å²) in [6.07, 6.45) is -3.41. The molecule has 1 atom stereocenters. The number of rotatable bonds is 0. The molecule has 14 heavy (non-hydrogen) atoms. The van der Waals surface area contributed by atoms with Crippen molar-refractivity contribution in [3.63, 3.8) is 0 Å². The Morgan fingerprint density at radius 3 is 2.79 bits per heavy atom. The van der Waals surface area contributed by atoms with Crippen LogP contribution >= 0.6 is 0 Å². The van der Waals surface area contributed by atoms with Gasteiger partial charge < -0.3 is 4.74 Å². The van der Waals surface area contributed by atoms with Crippen LogP contribution in [0.15, 0.2) is 18.2 Å². The molecule has 0 aromatic heterocycles. The van der Waals surface area contributed by atoms with Crippen LogP contribution in [0.1, 0.15) is 17.5 Å². The molecular formula is C10H6F3O. The van der Waals surface area contributed by atoms with Crippen molar-refractivity contribution in [1.29, 1.82) is 0 Å². The van der Waals surface area contributed by atoms with Gasteiger partial charge in [0.2, 0.25) is 0 Å². The molecule has 0 spiro atoms. The fourth-order valence-electron chi connectivity index (χ4n) is 1.75. The zero-order valence-corrected chi connectivity index (χ0v) is 7.06. The highest BCUT2D eigenvalue weighted by Crippen LogP contribution is 2.53. The zero-order valence-electron chi connectivity index (χ0n) is 7.06. The maximum atomic E-state index is 12.3. The third-order valence-electron chi connectivity index (χ3n) is 2.56. The van der Waals surface area contributed by atoms with Gasteiger partial charge >= 0.3 is 6.18 Å². The fraction of sp³-hybridized carbons (Fsp3) is 0.300. The van der Waals surface area contributed by atoms with Crippen LogP contribution in [-0.2, 0) is 6.18 Å². The van der Waals surface area contributed by atoms with Gasteiger partial charge in [-0.1, -0.05) is 0 Å². The Morgan fingerprint density at radius 2 is 2.07 bits per heavy atom. The molecule has 0 N–H and O–H groups in total. The first-order valence-electron chi connectivity index (χ1n) is 4.30. The van der Waals surface area contributed by atoms with Gasteiger partial charge in [-0.25, -0.2) is 0 Å². The molecule has 1 aromatic rings. The van der Waals surface area contributed by atoms with E-state index in [1.807, 2.05) is 0 Å². The smallest absolute Gasteiger partial charge is 0.416 e. The van der Waals surface area contributed by atoms with Gasteiger partial charge in [0.25, 0.3) is 0 Å². The topological polar surface area (TPSA) is 9.23 Å². The van der Waals surface area contributed by atoms with E-state index in [1.54, 1.807) is 0 Å². The number of fused-ring (bicyclic) bond motifs is 3. The number of halogens is 3. The lowest BCUT2D eigenvalue weighted by Gasteiger charge is -2.09. The van der Waals surface area contributed by atoms with Crippen molar-refractivity contribution < 1.29 is 17.9 Å². The predicted molar refractivity (Wildman–Crippen MR) is 42.8 cm³/mol. The molecule has 2 aliphatic rings. The van der Waals surface area contributed by atoms with E-state index in [-0.39, 0.29) is 6.10 Å². The van der Waals surface area contributed by atoms with Crippen molar-refractivity contribution in [1.82, 2.24) is 0 Å². The second kappa shape index (κ2) is 2.24. The Labute approximate surface area is 78.5 Å².